The summed E-state index contributed by atoms with van der Waals surface area (Å²) in [4.78, 5) is 24.2. The number of fused-ring (bicyclic) bond motifs is 1. The summed E-state index contributed by atoms with van der Waals surface area (Å²) in [5.41, 5.74) is 1.54. The van der Waals surface area contributed by atoms with Crippen molar-refractivity contribution < 1.29 is 4.79 Å². The topological polar surface area (TPSA) is 39.1 Å². The summed E-state index contributed by atoms with van der Waals surface area (Å²) in [5.74, 6) is -0.254. The molecule has 0 atom stereocenters. The zero-order valence-electron chi connectivity index (χ0n) is 10.9. The lowest BCUT2D eigenvalue weighted by atomic mass is 10.0. The van der Waals surface area contributed by atoms with E-state index in [0.717, 1.165) is 21.6 Å². The van der Waals surface area contributed by atoms with Crippen LogP contribution < -0.4 is 4.87 Å². The minimum Gasteiger partial charge on any atom is -0.302 e. The quantitative estimate of drug-likeness (QED) is 0.659. The maximum absolute atomic E-state index is 12.6. The largest absolute Gasteiger partial charge is 0.307 e. The van der Waals surface area contributed by atoms with Crippen molar-refractivity contribution in [2.24, 2.45) is 7.05 Å². The van der Waals surface area contributed by atoms with Gasteiger partial charge in [-0.05, 0) is 30.3 Å². The smallest absolute Gasteiger partial charge is 0.302 e. The second kappa shape index (κ2) is 5.30. The lowest BCUT2D eigenvalue weighted by Crippen LogP contribution is -2.06. The number of thiazole rings is 1. The molecule has 0 amide bonds. The second-order valence-electron chi connectivity index (χ2n) is 4.54. The molecule has 0 spiro atoms. The Bertz CT molecular complexity index is 907. The van der Waals surface area contributed by atoms with Gasteiger partial charge >= 0.3 is 4.87 Å². The van der Waals surface area contributed by atoms with E-state index >= 15 is 0 Å². The van der Waals surface area contributed by atoms with E-state index in [4.69, 9.17) is 23.2 Å². The predicted octanol–water partition coefficient (Wildman–Crippen LogP) is 4.14. The Kier molecular flexibility index (Phi) is 3.61. The zero-order chi connectivity index (χ0) is 15.1. The first kappa shape index (κ1) is 14.3. The van der Waals surface area contributed by atoms with Crippen LogP contribution in [-0.4, -0.2) is 10.4 Å². The number of carbonyl (C=O) groups is 1. The van der Waals surface area contributed by atoms with Gasteiger partial charge in [-0.3, -0.25) is 9.59 Å². The summed E-state index contributed by atoms with van der Waals surface area (Å²) in [6, 6.07) is 10.1. The number of ketones is 1. The molecular weight excluding hydrogens is 329 g/mol. The van der Waals surface area contributed by atoms with Gasteiger partial charge in [0.25, 0.3) is 0 Å². The Morgan fingerprint density at radius 2 is 1.81 bits per heavy atom. The van der Waals surface area contributed by atoms with Crippen molar-refractivity contribution in [2.75, 3.05) is 0 Å². The van der Waals surface area contributed by atoms with Crippen molar-refractivity contribution in [1.82, 2.24) is 4.57 Å². The van der Waals surface area contributed by atoms with E-state index in [0.29, 0.717) is 15.6 Å². The average Bonchev–Trinajstić information content (AvgIpc) is 2.73. The highest BCUT2D eigenvalue weighted by Crippen LogP contribution is 2.28. The van der Waals surface area contributed by atoms with Crippen LogP contribution in [0.15, 0.2) is 41.2 Å². The molecule has 0 fully saturated rings. The molecule has 3 aromatic rings. The van der Waals surface area contributed by atoms with E-state index in [9.17, 15) is 9.59 Å². The Hall–Kier alpha value is -1.62. The van der Waals surface area contributed by atoms with E-state index in [2.05, 4.69) is 0 Å². The first-order valence-electron chi connectivity index (χ1n) is 6.07. The molecule has 3 rings (SSSR count). The van der Waals surface area contributed by atoms with Gasteiger partial charge in [0.1, 0.15) is 0 Å². The van der Waals surface area contributed by atoms with Crippen molar-refractivity contribution in [3.8, 4) is 0 Å². The van der Waals surface area contributed by atoms with Crippen LogP contribution in [0.3, 0.4) is 0 Å². The van der Waals surface area contributed by atoms with Crippen LogP contribution in [0.25, 0.3) is 10.2 Å². The molecule has 1 heterocycles. The molecule has 0 aliphatic heterocycles. The van der Waals surface area contributed by atoms with Crippen LogP contribution in [0, 0.1) is 0 Å². The minimum absolute atomic E-state index is 0.0645. The molecule has 21 heavy (non-hydrogen) atoms. The number of halogens is 2. The fraction of sp³-hybridized carbons (Fsp3) is 0.0667. The number of hydrogen-bond donors (Lipinski definition) is 0. The van der Waals surface area contributed by atoms with E-state index < -0.39 is 0 Å². The van der Waals surface area contributed by atoms with E-state index in [1.54, 1.807) is 48.0 Å². The van der Waals surface area contributed by atoms with Crippen LogP contribution in [-0.2, 0) is 7.05 Å². The highest BCUT2D eigenvalue weighted by Gasteiger charge is 2.17. The molecule has 0 saturated carbocycles. The third kappa shape index (κ3) is 2.39. The number of carbonyl (C=O) groups excluding carboxylic acids is 1. The normalized spacial score (nSPS) is 11.0. The van der Waals surface area contributed by atoms with Gasteiger partial charge in [0, 0.05) is 12.6 Å². The van der Waals surface area contributed by atoms with Gasteiger partial charge in [-0.15, -0.1) is 0 Å². The third-order valence-electron chi connectivity index (χ3n) is 3.24. The first-order valence-corrected chi connectivity index (χ1v) is 7.64. The molecule has 3 nitrogen and oxygen atoms in total. The van der Waals surface area contributed by atoms with Crippen molar-refractivity contribution in [1.29, 1.82) is 0 Å². The number of nitrogens with zero attached hydrogens (tertiary/aromatic N) is 1. The van der Waals surface area contributed by atoms with Crippen LogP contribution in [0.4, 0.5) is 0 Å². The Balaban J connectivity index is 2.16. The van der Waals surface area contributed by atoms with Gasteiger partial charge in [-0.2, -0.15) is 0 Å². The number of rotatable bonds is 2. The standard InChI is InChI=1S/C15H9Cl2NO2S/c1-18-11-6-5-8(7-12(11)21-15(18)20)14(19)13-9(16)3-2-4-10(13)17/h2-7H,1H3. The van der Waals surface area contributed by atoms with Crippen molar-refractivity contribution in [2.45, 2.75) is 0 Å². The lowest BCUT2D eigenvalue weighted by Gasteiger charge is -2.06. The van der Waals surface area contributed by atoms with E-state index in [1.165, 1.54) is 0 Å². The highest BCUT2D eigenvalue weighted by molar-refractivity contribution is 7.16. The summed E-state index contributed by atoms with van der Waals surface area (Å²) in [6.45, 7) is 0. The maximum atomic E-state index is 12.6. The molecule has 0 bridgehead atoms. The van der Waals surface area contributed by atoms with E-state index in [1.807, 2.05) is 0 Å². The molecule has 1 aromatic heterocycles. The highest BCUT2D eigenvalue weighted by atomic mass is 35.5. The molecule has 6 heteroatoms. The molecule has 2 aromatic carbocycles. The van der Waals surface area contributed by atoms with Gasteiger partial charge in [-0.1, -0.05) is 40.6 Å². The molecule has 106 valence electrons. The van der Waals surface area contributed by atoms with Gasteiger partial charge in [0.05, 0.1) is 25.8 Å². The minimum atomic E-state index is -0.254. The van der Waals surface area contributed by atoms with Crippen molar-refractivity contribution >= 4 is 50.5 Å². The third-order valence-corrected chi connectivity index (χ3v) is 4.87. The summed E-state index contributed by atoms with van der Waals surface area (Å²) in [6.07, 6.45) is 0. The Morgan fingerprint density at radius 3 is 2.48 bits per heavy atom. The molecule has 0 aliphatic rings. The van der Waals surface area contributed by atoms with Crippen LogP contribution in [0.5, 0.6) is 0 Å². The zero-order valence-corrected chi connectivity index (χ0v) is 13.2. The molecule has 0 aliphatic carbocycles. The Labute approximate surface area is 134 Å². The molecule has 0 radical (unpaired) electrons. The predicted molar refractivity (Wildman–Crippen MR) is 87.0 cm³/mol. The van der Waals surface area contributed by atoms with Crippen LogP contribution in [0.1, 0.15) is 15.9 Å². The van der Waals surface area contributed by atoms with Gasteiger partial charge < -0.3 is 4.57 Å². The number of hydrogen-bond acceptors (Lipinski definition) is 3. The monoisotopic (exact) mass is 337 g/mol. The lowest BCUT2D eigenvalue weighted by molar-refractivity contribution is 0.103. The molecule has 0 unspecified atom stereocenters. The summed E-state index contributed by atoms with van der Waals surface area (Å²) < 4.78 is 2.31. The van der Waals surface area contributed by atoms with Crippen LogP contribution >= 0.6 is 34.5 Å². The van der Waals surface area contributed by atoms with Gasteiger partial charge in [0.2, 0.25) is 0 Å². The molecule has 0 N–H and O–H groups in total. The van der Waals surface area contributed by atoms with Gasteiger partial charge in [0.15, 0.2) is 5.78 Å². The second-order valence-corrected chi connectivity index (χ2v) is 6.34. The number of benzene rings is 2. The fourth-order valence-electron chi connectivity index (χ4n) is 2.13. The van der Waals surface area contributed by atoms with E-state index in [-0.39, 0.29) is 16.2 Å². The van der Waals surface area contributed by atoms with Crippen molar-refractivity contribution in [3.63, 3.8) is 0 Å². The summed E-state index contributed by atoms with van der Waals surface area (Å²) in [7, 11) is 1.70. The van der Waals surface area contributed by atoms with Crippen molar-refractivity contribution in [3.05, 3.63) is 67.2 Å². The summed E-state index contributed by atoms with van der Waals surface area (Å²) in [5, 5.41) is 0.627. The Morgan fingerprint density at radius 1 is 1.14 bits per heavy atom. The average molecular weight is 338 g/mol. The summed E-state index contributed by atoms with van der Waals surface area (Å²) >= 11 is 13.2. The molecular formula is C15H9Cl2NO2S. The van der Waals surface area contributed by atoms with Crippen LogP contribution in [0.2, 0.25) is 10.0 Å². The number of aryl methyl sites for hydroxylation is 1. The maximum Gasteiger partial charge on any atom is 0.307 e. The molecule has 0 saturated heterocycles. The SMILES string of the molecule is Cn1c(=O)sc2cc(C(=O)c3c(Cl)cccc3Cl)ccc21. The van der Waals surface area contributed by atoms with Gasteiger partial charge in [-0.25, -0.2) is 0 Å². The number of aromatic nitrogens is 1. The fourth-order valence-corrected chi connectivity index (χ4v) is 3.62. The first-order chi connectivity index (χ1) is 9.99.